The maximum atomic E-state index is 12.6. The van der Waals surface area contributed by atoms with Gasteiger partial charge in [0.2, 0.25) is 0 Å². The fraction of sp³-hybridized carbons (Fsp3) is 0.375. The van der Waals surface area contributed by atoms with Gasteiger partial charge in [-0.05, 0) is 12.5 Å². The van der Waals surface area contributed by atoms with Crippen molar-refractivity contribution in [1.29, 1.82) is 0 Å². The quantitative estimate of drug-likeness (QED) is 0.467. The monoisotopic (exact) mass is 270 g/mol. The third-order valence-electron chi connectivity index (χ3n) is 4.52. The summed E-state index contributed by atoms with van der Waals surface area (Å²) in [6.07, 6.45) is 4.08. The van der Waals surface area contributed by atoms with Gasteiger partial charge in [0.15, 0.2) is 5.78 Å². The number of hydrogen-bond donors (Lipinski definition) is 0. The Morgan fingerprint density at radius 3 is 2.85 bits per heavy atom. The van der Waals surface area contributed by atoms with Crippen molar-refractivity contribution in [3.8, 4) is 0 Å². The number of Topliss-reactive ketones (excluding diaryl/α,β-unsaturated/α-hetero) is 1. The highest BCUT2D eigenvalue weighted by Gasteiger charge is 2.59. The average Bonchev–Trinajstić information content (AvgIpc) is 3.01. The fourth-order valence-corrected chi connectivity index (χ4v) is 3.43. The Morgan fingerprint density at radius 2 is 2.05 bits per heavy atom. The lowest BCUT2D eigenvalue weighted by molar-refractivity contribution is -0.144. The summed E-state index contributed by atoms with van der Waals surface area (Å²) in [5, 5.41) is 0. The van der Waals surface area contributed by atoms with E-state index in [1.807, 2.05) is 30.4 Å². The molecule has 2 bridgehead atoms. The number of benzene rings is 1. The van der Waals surface area contributed by atoms with E-state index < -0.39 is 5.60 Å². The highest BCUT2D eigenvalue weighted by atomic mass is 16.6. The van der Waals surface area contributed by atoms with Gasteiger partial charge in [0.1, 0.15) is 12.2 Å². The molecule has 0 aromatic heterocycles. The van der Waals surface area contributed by atoms with Crippen molar-refractivity contribution in [2.75, 3.05) is 6.61 Å². The first-order chi connectivity index (χ1) is 9.70. The summed E-state index contributed by atoms with van der Waals surface area (Å²) in [7, 11) is 0. The molecule has 3 aliphatic heterocycles. The van der Waals surface area contributed by atoms with E-state index in [2.05, 4.69) is 0 Å². The van der Waals surface area contributed by atoms with E-state index in [-0.39, 0.29) is 36.3 Å². The van der Waals surface area contributed by atoms with Crippen LogP contribution in [0.3, 0.4) is 0 Å². The standard InChI is InChI=1S/C16H14O4/c17-14(10-4-2-1-3-5-10)11-8-12-15(18)19-9-16(12)7-6-13(11)20-16/h1-7,11-13H,8-9H2/t11-,12-,13+,16+/m0/s1. The predicted octanol–water partition coefficient (Wildman–Crippen LogP) is 1.76. The van der Waals surface area contributed by atoms with Gasteiger partial charge in [-0.15, -0.1) is 0 Å². The molecular formula is C16H14O4. The maximum absolute atomic E-state index is 12.6. The van der Waals surface area contributed by atoms with E-state index in [9.17, 15) is 9.59 Å². The van der Waals surface area contributed by atoms with E-state index in [1.165, 1.54) is 0 Å². The molecule has 20 heavy (non-hydrogen) atoms. The van der Waals surface area contributed by atoms with Crippen molar-refractivity contribution in [2.24, 2.45) is 11.8 Å². The van der Waals surface area contributed by atoms with Crippen LogP contribution in [-0.4, -0.2) is 30.1 Å². The summed E-state index contributed by atoms with van der Waals surface area (Å²) >= 11 is 0. The van der Waals surface area contributed by atoms with E-state index >= 15 is 0 Å². The molecule has 1 aromatic carbocycles. The Hall–Kier alpha value is -1.94. The molecule has 0 N–H and O–H groups in total. The Labute approximate surface area is 116 Å². The second kappa shape index (κ2) is 4.03. The number of ketones is 1. The van der Waals surface area contributed by atoms with Gasteiger partial charge >= 0.3 is 5.97 Å². The van der Waals surface area contributed by atoms with Crippen LogP contribution in [0.1, 0.15) is 16.8 Å². The molecule has 0 saturated carbocycles. The van der Waals surface area contributed by atoms with Crippen molar-refractivity contribution in [2.45, 2.75) is 18.1 Å². The van der Waals surface area contributed by atoms with E-state index in [4.69, 9.17) is 9.47 Å². The minimum absolute atomic E-state index is 0.0375. The lowest BCUT2D eigenvalue weighted by Gasteiger charge is -2.36. The van der Waals surface area contributed by atoms with Gasteiger partial charge in [-0.25, -0.2) is 0 Å². The molecule has 3 heterocycles. The Balaban J connectivity index is 1.66. The van der Waals surface area contributed by atoms with Crippen molar-refractivity contribution in [1.82, 2.24) is 0 Å². The van der Waals surface area contributed by atoms with E-state index in [0.29, 0.717) is 12.0 Å². The van der Waals surface area contributed by atoms with Crippen molar-refractivity contribution < 1.29 is 19.1 Å². The minimum atomic E-state index is -0.616. The Kier molecular flexibility index (Phi) is 2.39. The molecule has 1 aromatic rings. The lowest BCUT2D eigenvalue weighted by atomic mass is 9.78. The zero-order chi connectivity index (χ0) is 13.7. The van der Waals surface area contributed by atoms with Crippen LogP contribution in [0.4, 0.5) is 0 Å². The summed E-state index contributed by atoms with van der Waals surface area (Å²) in [5.41, 5.74) is 0.0511. The summed E-state index contributed by atoms with van der Waals surface area (Å²) in [4.78, 5) is 24.5. The van der Waals surface area contributed by atoms with Crippen LogP contribution >= 0.6 is 0 Å². The summed E-state index contributed by atoms with van der Waals surface area (Å²) in [6.45, 7) is 0.274. The first-order valence-corrected chi connectivity index (χ1v) is 6.83. The molecule has 4 heteroatoms. The lowest BCUT2D eigenvalue weighted by Crippen LogP contribution is -2.47. The zero-order valence-corrected chi connectivity index (χ0v) is 10.8. The summed E-state index contributed by atoms with van der Waals surface area (Å²) < 4.78 is 11.1. The van der Waals surface area contributed by atoms with Crippen molar-refractivity contribution in [3.05, 3.63) is 48.0 Å². The van der Waals surface area contributed by atoms with Crippen LogP contribution in [0.15, 0.2) is 42.5 Å². The maximum Gasteiger partial charge on any atom is 0.312 e. The number of fused-ring (bicyclic) bond motifs is 1. The topological polar surface area (TPSA) is 52.6 Å². The predicted molar refractivity (Wildman–Crippen MR) is 70.1 cm³/mol. The molecule has 4 atom stereocenters. The third-order valence-corrected chi connectivity index (χ3v) is 4.52. The largest absolute Gasteiger partial charge is 0.462 e. The number of carbonyl (C=O) groups excluding carboxylic acids is 2. The number of hydrogen-bond acceptors (Lipinski definition) is 4. The first kappa shape index (κ1) is 11.9. The second-order valence-corrected chi connectivity index (χ2v) is 5.63. The van der Waals surface area contributed by atoms with Crippen LogP contribution in [0.5, 0.6) is 0 Å². The summed E-state index contributed by atoms with van der Waals surface area (Å²) in [6, 6.07) is 9.17. The number of ether oxygens (including phenoxy) is 2. The molecule has 2 saturated heterocycles. The molecule has 0 amide bonds. The van der Waals surface area contributed by atoms with Crippen LogP contribution < -0.4 is 0 Å². The number of carbonyl (C=O) groups is 2. The van der Waals surface area contributed by atoms with Gasteiger partial charge in [0, 0.05) is 5.56 Å². The Bertz CT molecular complexity index is 606. The molecular weight excluding hydrogens is 256 g/mol. The SMILES string of the molecule is O=C(c1ccccc1)[C@H]1C[C@H]2C(=O)OC[C@]23C=C[C@H]1O3. The van der Waals surface area contributed by atoms with Crippen molar-refractivity contribution in [3.63, 3.8) is 0 Å². The van der Waals surface area contributed by atoms with Crippen LogP contribution in [0, 0.1) is 11.8 Å². The van der Waals surface area contributed by atoms with Gasteiger partial charge in [-0.2, -0.15) is 0 Å². The van der Waals surface area contributed by atoms with Gasteiger partial charge < -0.3 is 9.47 Å². The fourth-order valence-electron chi connectivity index (χ4n) is 3.43. The van der Waals surface area contributed by atoms with Gasteiger partial charge in [-0.1, -0.05) is 36.4 Å². The molecule has 0 aliphatic carbocycles. The zero-order valence-electron chi connectivity index (χ0n) is 10.8. The van der Waals surface area contributed by atoms with Crippen LogP contribution in [-0.2, 0) is 14.3 Å². The molecule has 1 spiro atoms. The van der Waals surface area contributed by atoms with E-state index in [1.54, 1.807) is 12.1 Å². The van der Waals surface area contributed by atoms with Gasteiger partial charge in [0.05, 0.1) is 17.9 Å². The molecule has 4 rings (SSSR count). The highest BCUT2D eigenvalue weighted by molar-refractivity contribution is 5.99. The smallest absolute Gasteiger partial charge is 0.312 e. The molecule has 2 fully saturated rings. The number of esters is 1. The molecule has 4 nitrogen and oxygen atoms in total. The molecule has 3 aliphatic rings. The van der Waals surface area contributed by atoms with Crippen LogP contribution in [0.2, 0.25) is 0 Å². The number of rotatable bonds is 2. The highest BCUT2D eigenvalue weighted by Crippen LogP contribution is 2.48. The molecule has 0 radical (unpaired) electrons. The normalized spacial score (nSPS) is 37.6. The second-order valence-electron chi connectivity index (χ2n) is 5.63. The van der Waals surface area contributed by atoms with E-state index in [0.717, 1.165) is 0 Å². The third kappa shape index (κ3) is 1.51. The Morgan fingerprint density at radius 1 is 1.25 bits per heavy atom. The summed E-state index contributed by atoms with van der Waals surface area (Å²) in [5.74, 6) is -0.869. The van der Waals surface area contributed by atoms with Crippen LogP contribution in [0.25, 0.3) is 0 Å². The number of cyclic esters (lactones) is 1. The first-order valence-electron chi connectivity index (χ1n) is 6.83. The minimum Gasteiger partial charge on any atom is -0.462 e. The average molecular weight is 270 g/mol. The van der Waals surface area contributed by atoms with Gasteiger partial charge in [-0.3, -0.25) is 9.59 Å². The molecule has 102 valence electrons. The van der Waals surface area contributed by atoms with Gasteiger partial charge in [0.25, 0.3) is 0 Å². The van der Waals surface area contributed by atoms with Crippen molar-refractivity contribution >= 4 is 11.8 Å². The molecule has 0 unspecified atom stereocenters.